The molecule has 0 aliphatic rings. The van der Waals surface area contributed by atoms with Crippen molar-refractivity contribution in [2.24, 2.45) is 5.73 Å². The summed E-state index contributed by atoms with van der Waals surface area (Å²) in [6.07, 6.45) is 0.595. The van der Waals surface area contributed by atoms with E-state index in [0.717, 1.165) is 16.7 Å². The van der Waals surface area contributed by atoms with E-state index in [0.29, 0.717) is 18.7 Å². The molecule has 0 heterocycles. The van der Waals surface area contributed by atoms with Gasteiger partial charge in [0.1, 0.15) is 5.75 Å². The minimum Gasteiger partial charge on any atom is -0.454 e. The fourth-order valence-corrected chi connectivity index (χ4v) is 1.95. The summed E-state index contributed by atoms with van der Waals surface area (Å²) < 4.78 is 19.7. The molecular weight excluding hydrogens is 241 g/mol. The maximum atomic E-state index is 13.9. The summed E-state index contributed by atoms with van der Waals surface area (Å²) in [5.74, 6) is 0.608. The van der Waals surface area contributed by atoms with Gasteiger partial charge in [0.25, 0.3) is 0 Å². The van der Waals surface area contributed by atoms with Crippen molar-refractivity contribution in [3.05, 3.63) is 58.9 Å². The molecule has 0 aromatic heterocycles. The zero-order chi connectivity index (χ0) is 13.8. The average molecular weight is 259 g/mol. The van der Waals surface area contributed by atoms with Crippen LogP contribution in [0.15, 0.2) is 36.4 Å². The highest BCUT2D eigenvalue weighted by molar-refractivity contribution is 5.43. The average Bonchev–Trinajstić information content (AvgIpc) is 2.38. The van der Waals surface area contributed by atoms with Crippen LogP contribution in [-0.4, -0.2) is 6.54 Å². The van der Waals surface area contributed by atoms with Gasteiger partial charge in [-0.3, -0.25) is 0 Å². The SMILES string of the molecule is Cc1ccc(C)c(Oc2c(F)cccc2CCN)c1. The number of hydrogen-bond acceptors (Lipinski definition) is 2. The summed E-state index contributed by atoms with van der Waals surface area (Å²) in [7, 11) is 0. The van der Waals surface area contributed by atoms with Crippen LogP contribution in [0.5, 0.6) is 11.5 Å². The molecule has 19 heavy (non-hydrogen) atoms. The molecule has 2 nitrogen and oxygen atoms in total. The van der Waals surface area contributed by atoms with Gasteiger partial charge >= 0.3 is 0 Å². The normalized spacial score (nSPS) is 10.5. The van der Waals surface area contributed by atoms with Gasteiger partial charge in [-0.05, 0) is 55.6 Å². The van der Waals surface area contributed by atoms with Crippen molar-refractivity contribution in [2.45, 2.75) is 20.3 Å². The largest absolute Gasteiger partial charge is 0.454 e. The Morgan fingerprint density at radius 2 is 1.95 bits per heavy atom. The van der Waals surface area contributed by atoms with Crippen LogP contribution in [0.1, 0.15) is 16.7 Å². The molecule has 0 saturated carbocycles. The first kappa shape index (κ1) is 13.6. The van der Waals surface area contributed by atoms with E-state index in [4.69, 9.17) is 10.5 Å². The number of para-hydroxylation sites is 1. The van der Waals surface area contributed by atoms with Crippen LogP contribution in [0.25, 0.3) is 0 Å². The third-order valence-corrected chi connectivity index (χ3v) is 3.02. The molecule has 3 heteroatoms. The third-order valence-electron chi connectivity index (χ3n) is 3.02. The van der Waals surface area contributed by atoms with E-state index in [2.05, 4.69) is 0 Å². The minimum atomic E-state index is -0.355. The van der Waals surface area contributed by atoms with Gasteiger partial charge in [-0.1, -0.05) is 24.3 Å². The molecule has 0 spiro atoms. The fraction of sp³-hybridized carbons (Fsp3) is 0.250. The maximum Gasteiger partial charge on any atom is 0.166 e. The van der Waals surface area contributed by atoms with Crippen LogP contribution in [0, 0.1) is 19.7 Å². The highest BCUT2D eigenvalue weighted by atomic mass is 19.1. The first-order chi connectivity index (χ1) is 9.11. The molecular formula is C16H18FNO. The molecule has 0 fully saturated rings. The molecule has 0 bridgehead atoms. The van der Waals surface area contributed by atoms with Gasteiger partial charge < -0.3 is 10.5 Å². The molecule has 2 aromatic rings. The summed E-state index contributed by atoms with van der Waals surface area (Å²) in [6, 6.07) is 10.8. The number of hydrogen-bond donors (Lipinski definition) is 1. The topological polar surface area (TPSA) is 35.2 Å². The van der Waals surface area contributed by atoms with Crippen molar-refractivity contribution >= 4 is 0 Å². The zero-order valence-electron chi connectivity index (χ0n) is 11.2. The second kappa shape index (κ2) is 5.85. The van der Waals surface area contributed by atoms with E-state index in [1.807, 2.05) is 38.1 Å². The molecule has 0 saturated heterocycles. The smallest absolute Gasteiger partial charge is 0.166 e. The molecule has 2 aromatic carbocycles. The van der Waals surface area contributed by atoms with Crippen molar-refractivity contribution in [2.75, 3.05) is 6.54 Å². The number of halogens is 1. The zero-order valence-corrected chi connectivity index (χ0v) is 11.2. The first-order valence-corrected chi connectivity index (χ1v) is 6.34. The molecule has 0 unspecified atom stereocenters. The molecule has 0 atom stereocenters. The Bertz CT molecular complexity index is 581. The number of rotatable bonds is 4. The van der Waals surface area contributed by atoms with Crippen LogP contribution >= 0.6 is 0 Å². The van der Waals surface area contributed by atoms with Gasteiger partial charge in [0.15, 0.2) is 11.6 Å². The number of aryl methyl sites for hydroxylation is 2. The summed E-state index contributed by atoms with van der Waals surface area (Å²) in [6.45, 7) is 4.39. The van der Waals surface area contributed by atoms with Gasteiger partial charge in [0.05, 0.1) is 0 Å². The number of ether oxygens (including phenoxy) is 1. The predicted octanol–water partition coefficient (Wildman–Crippen LogP) is 3.74. The van der Waals surface area contributed by atoms with Crippen LogP contribution < -0.4 is 10.5 Å². The Kier molecular flexibility index (Phi) is 4.17. The lowest BCUT2D eigenvalue weighted by molar-refractivity contribution is 0.433. The van der Waals surface area contributed by atoms with Crippen LogP contribution in [0.2, 0.25) is 0 Å². The van der Waals surface area contributed by atoms with Crippen molar-refractivity contribution in [1.82, 2.24) is 0 Å². The van der Waals surface area contributed by atoms with Crippen molar-refractivity contribution < 1.29 is 9.13 Å². The maximum absolute atomic E-state index is 13.9. The van der Waals surface area contributed by atoms with Crippen molar-refractivity contribution in [3.63, 3.8) is 0 Å². The first-order valence-electron chi connectivity index (χ1n) is 6.34. The van der Waals surface area contributed by atoms with E-state index < -0.39 is 0 Å². The lowest BCUT2D eigenvalue weighted by atomic mass is 10.1. The summed E-state index contributed by atoms with van der Waals surface area (Å²) in [5, 5.41) is 0. The Balaban J connectivity index is 2.39. The molecule has 0 aliphatic carbocycles. The minimum absolute atomic E-state index is 0.279. The highest BCUT2D eigenvalue weighted by Gasteiger charge is 2.11. The molecule has 100 valence electrons. The van der Waals surface area contributed by atoms with Gasteiger partial charge in [-0.15, -0.1) is 0 Å². The van der Waals surface area contributed by atoms with E-state index in [1.54, 1.807) is 6.07 Å². The quantitative estimate of drug-likeness (QED) is 0.907. The Morgan fingerprint density at radius 3 is 2.68 bits per heavy atom. The molecule has 0 radical (unpaired) electrons. The monoisotopic (exact) mass is 259 g/mol. The van der Waals surface area contributed by atoms with Crippen LogP contribution in [0.3, 0.4) is 0 Å². The Hall–Kier alpha value is -1.87. The lowest BCUT2D eigenvalue weighted by Crippen LogP contribution is -2.05. The predicted molar refractivity (Wildman–Crippen MR) is 75.1 cm³/mol. The second-order valence-corrected chi connectivity index (χ2v) is 4.64. The third kappa shape index (κ3) is 3.12. The summed E-state index contributed by atoms with van der Waals surface area (Å²) >= 11 is 0. The number of nitrogens with two attached hydrogens (primary N) is 1. The second-order valence-electron chi connectivity index (χ2n) is 4.64. The molecule has 2 rings (SSSR count). The fourth-order valence-electron chi connectivity index (χ4n) is 1.95. The van der Waals surface area contributed by atoms with E-state index in [1.165, 1.54) is 6.07 Å². The Morgan fingerprint density at radius 1 is 1.16 bits per heavy atom. The molecule has 0 amide bonds. The summed E-state index contributed by atoms with van der Waals surface area (Å²) in [5.41, 5.74) is 8.40. The van der Waals surface area contributed by atoms with Crippen molar-refractivity contribution in [1.29, 1.82) is 0 Å². The van der Waals surface area contributed by atoms with Crippen LogP contribution in [0.4, 0.5) is 4.39 Å². The standard InChI is InChI=1S/C16H18FNO/c1-11-6-7-12(2)15(10-11)19-16-13(8-9-18)4-3-5-14(16)17/h3-7,10H,8-9,18H2,1-2H3. The lowest BCUT2D eigenvalue weighted by Gasteiger charge is -2.14. The molecule has 2 N–H and O–H groups in total. The Labute approximate surface area is 113 Å². The van der Waals surface area contributed by atoms with Gasteiger partial charge in [-0.2, -0.15) is 0 Å². The van der Waals surface area contributed by atoms with Gasteiger partial charge in [0.2, 0.25) is 0 Å². The summed E-state index contributed by atoms with van der Waals surface area (Å²) in [4.78, 5) is 0. The van der Waals surface area contributed by atoms with E-state index in [9.17, 15) is 4.39 Å². The van der Waals surface area contributed by atoms with Gasteiger partial charge in [0, 0.05) is 0 Å². The van der Waals surface area contributed by atoms with E-state index >= 15 is 0 Å². The van der Waals surface area contributed by atoms with E-state index in [-0.39, 0.29) is 11.6 Å². The van der Waals surface area contributed by atoms with Crippen molar-refractivity contribution in [3.8, 4) is 11.5 Å². The molecule has 0 aliphatic heterocycles. The van der Waals surface area contributed by atoms with Crippen LogP contribution in [-0.2, 0) is 6.42 Å². The number of benzene rings is 2. The van der Waals surface area contributed by atoms with Gasteiger partial charge in [-0.25, -0.2) is 4.39 Å². The highest BCUT2D eigenvalue weighted by Crippen LogP contribution is 2.31.